The van der Waals surface area contributed by atoms with Gasteiger partial charge in [-0.1, -0.05) is 59.1 Å². The predicted molar refractivity (Wildman–Crippen MR) is 90.6 cm³/mol. The van der Waals surface area contributed by atoms with E-state index in [1.54, 1.807) is 0 Å². The molecule has 1 aromatic carbocycles. The Kier molecular flexibility index (Phi) is 6.92. The minimum absolute atomic E-state index is 0.0948. The molecule has 2 N–H and O–H groups in total. The van der Waals surface area contributed by atoms with E-state index in [4.69, 9.17) is 5.11 Å². The van der Waals surface area contributed by atoms with Crippen LogP contribution >= 0.6 is 0 Å². The number of hydrogen-bond donors (Lipinski definition) is 2. The summed E-state index contributed by atoms with van der Waals surface area (Å²) in [5.41, 5.74) is 2.79. The van der Waals surface area contributed by atoms with Gasteiger partial charge >= 0.3 is 5.97 Å². The zero-order valence-electron chi connectivity index (χ0n) is 14.4. The van der Waals surface area contributed by atoms with Crippen molar-refractivity contribution in [1.82, 2.24) is 0 Å². The van der Waals surface area contributed by atoms with E-state index in [1.807, 2.05) is 19.1 Å². The Bertz CT molecular complexity index is 504. The van der Waals surface area contributed by atoms with Crippen LogP contribution in [0.5, 0.6) is 5.75 Å². The summed E-state index contributed by atoms with van der Waals surface area (Å²) >= 11 is 0. The minimum atomic E-state index is -0.783. The van der Waals surface area contributed by atoms with Crippen LogP contribution in [0.4, 0.5) is 0 Å². The fourth-order valence-electron chi connectivity index (χ4n) is 2.89. The third-order valence-corrected chi connectivity index (χ3v) is 4.39. The Labute approximate surface area is 134 Å². The number of carboxylic acids is 1. The fraction of sp³-hybridized carbons (Fsp3) is 0.632. The first kappa shape index (κ1) is 18.5. The van der Waals surface area contributed by atoms with E-state index in [9.17, 15) is 9.90 Å². The van der Waals surface area contributed by atoms with Crippen LogP contribution < -0.4 is 0 Å². The third-order valence-electron chi connectivity index (χ3n) is 4.39. The van der Waals surface area contributed by atoms with Gasteiger partial charge in [0.05, 0.1) is 0 Å². The van der Waals surface area contributed by atoms with E-state index >= 15 is 0 Å². The normalized spacial score (nSPS) is 11.6. The molecular weight excluding hydrogens is 276 g/mol. The highest BCUT2D eigenvalue weighted by Gasteiger charge is 2.25. The molecule has 3 heteroatoms. The molecule has 0 aliphatic heterocycles. The molecule has 0 aliphatic rings. The smallest absolute Gasteiger partial charge is 0.303 e. The van der Waals surface area contributed by atoms with Gasteiger partial charge in [-0.05, 0) is 35.8 Å². The summed E-state index contributed by atoms with van der Waals surface area (Å²) in [6, 6.07) is 3.95. The lowest BCUT2D eigenvalue weighted by Gasteiger charge is -2.28. The van der Waals surface area contributed by atoms with Crippen LogP contribution in [0, 0.1) is 0 Å². The van der Waals surface area contributed by atoms with Crippen molar-refractivity contribution in [2.45, 2.75) is 78.1 Å². The molecule has 0 unspecified atom stereocenters. The molecule has 0 saturated heterocycles. The molecule has 0 amide bonds. The molecule has 0 bridgehead atoms. The highest BCUT2D eigenvalue weighted by atomic mass is 16.4. The Morgan fingerprint density at radius 1 is 1.18 bits per heavy atom. The lowest BCUT2D eigenvalue weighted by atomic mass is 9.77. The van der Waals surface area contributed by atoms with Crippen molar-refractivity contribution >= 4 is 5.97 Å². The molecule has 1 aromatic rings. The van der Waals surface area contributed by atoms with E-state index in [1.165, 1.54) is 12.8 Å². The van der Waals surface area contributed by atoms with Gasteiger partial charge < -0.3 is 10.2 Å². The van der Waals surface area contributed by atoms with Gasteiger partial charge in [-0.2, -0.15) is 0 Å². The van der Waals surface area contributed by atoms with Gasteiger partial charge in [-0.3, -0.25) is 4.79 Å². The van der Waals surface area contributed by atoms with Crippen LogP contribution in [-0.4, -0.2) is 16.2 Å². The van der Waals surface area contributed by atoms with Crippen molar-refractivity contribution in [2.24, 2.45) is 0 Å². The Hall–Kier alpha value is -1.51. The van der Waals surface area contributed by atoms with Crippen LogP contribution in [0.1, 0.15) is 76.5 Å². The first-order valence-electron chi connectivity index (χ1n) is 8.38. The van der Waals surface area contributed by atoms with Crippen molar-refractivity contribution < 1.29 is 15.0 Å². The molecule has 3 nitrogen and oxygen atoms in total. The first-order chi connectivity index (χ1) is 10.3. The minimum Gasteiger partial charge on any atom is -0.507 e. The second-order valence-corrected chi connectivity index (χ2v) is 6.74. The van der Waals surface area contributed by atoms with Crippen molar-refractivity contribution in [3.8, 4) is 5.75 Å². The van der Waals surface area contributed by atoms with Crippen molar-refractivity contribution in [3.05, 3.63) is 28.8 Å². The van der Waals surface area contributed by atoms with Gasteiger partial charge in [0, 0.05) is 12.0 Å². The maximum absolute atomic E-state index is 10.8. The van der Waals surface area contributed by atoms with E-state index in [-0.39, 0.29) is 11.8 Å². The third kappa shape index (κ3) is 5.04. The molecule has 0 fully saturated rings. The average molecular weight is 306 g/mol. The molecule has 0 radical (unpaired) electrons. The topological polar surface area (TPSA) is 57.5 Å². The molecule has 0 atom stereocenters. The summed E-state index contributed by atoms with van der Waals surface area (Å²) in [6.45, 7) is 8.53. The van der Waals surface area contributed by atoms with Gasteiger partial charge in [-0.15, -0.1) is 0 Å². The summed E-state index contributed by atoms with van der Waals surface area (Å²) < 4.78 is 0. The Morgan fingerprint density at radius 3 is 2.41 bits per heavy atom. The largest absolute Gasteiger partial charge is 0.507 e. The van der Waals surface area contributed by atoms with Gasteiger partial charge in [0.15, 0.2) is 0 Å². The van der Waals surface area contributed by atoms with E-state index in [0.29, 0.717) is 12.2 Å². The standard InChI is InChI=1S/C19H30O3/c1-5-7-8-11-19(3,4)16-13-14(9-10-17(20)21)12-15(6-2)18(16)22/h12-13,22H,5-11H2,1-4H3,(H,20,21). The number of phenols is 1. The van der Waals surface area contributed by atoms with Gasteiger partial charge in [0.25, 0.3) is 0 Å². The number of carboxylic acid groups (broad SMARTS) is 1. The number of rotatable bonds is 9. The van der Waals surface area contributed by atoms with Crippen LogP contribution in [0.2, 0.25) is 0 Å². The summed E-state index contributed by atoms with van der Waals surface area (Å²) in [5, 5.41) is 19.4. The fourth-order valence-corrected chi connectivity index (χ4v) is 2.89. The van der Waals surface area contributed by atoms with E-state index in [0.717, 1.165) is 36.0 Å². The number of aryl methyl sites for hydroxylation is 2. The number of unbranched alkanes of at least 4 members (excludes halogenated alkanes) is 2. The second kappa shape index (κ2) is 8.21. The molecule has 0 spiro atoms. The number of hydrogen-bond acceptors (Lipinski definition) is 2. The molecular formula is C19H30O3. The van der Waals surface area contributed by atoms with Gasteiger partial charge in [-0.25, -0.2) is 0 Å². The zero-order valence-corrected chi connectivity index (χ0v) is 14.4. The monoisotopic (exact) mass is 306 g/mol. The molecule has 124 valence electrons. The highest BCUT2D eigenvalue weighted by molar-refractivity contribution is 5.67. The summed E-state index contributed by atoms with van der Waals surface area (Å²) in [7, 11) is 0. The van der Waals surface area contributed by atoms with Gasteiger partial charge in [0.2, 0.25) is 0 Å². The molecule has 1 rings (SSSR count). The van der Waals surface area contributed by atoms with Crippen LogP contribution in [0.25, 0.3) is 0 Å². The van der Waals surface area contributed by atoms with Crippen molar-refractivity contribution in [3.63, 3.8) is 0 Å². The second-order valence-electron chi connectivity index (χ2n) is 6.74. The Balaban J connectivity index is 3.09. The number of carbonyl (C=O) groups is 1. The lowest BCUT2D eigenvalue weighted by Crippen LogP contribution is -2.18. The predicted octanol–water partition coefficient (Wildman–Crippen LogP) is 4.83. The number of aromatic hydroxyl groups is 1. The van der Waals surface area contributed by atoms with Crippen molar-refractivity contribution in [1.29, 1.82) is 0 Å². The number of phenolic OH excluding ortho intramolecular Hbond substituents is 1. The molecule has 0 aromatic heterocycles. The molecule has 22 heavy (non-hydrogen) atoms. The Morgan fingerprint density at radius 2 is 1.86 bits per heavy atom. The maximum Gasteiger partial charge on any atom is 0.303 e. The van der Waals surface area contributed by atoms with E-state index in [2.05, 4.69) is 20.8 Å². The molecule has 0 aliphatic carbocycles. The van der Waals surface area contributed by atoms with E-state index < -0.39 is 5.97 Å². The van der Waals surface area contributed by atoms with Gasteiger partial charge in [0.1, 0.15) is 5.75 Å². The summed E-state index contributed by atoms with van der Waals surface area (Å²) in [4.78, 5) is 10.8. The average Bonchev–Trinajstić information content (AvgIpc) is 2.46. The molecule has 0 saturated carbocycles. The van der Waals surface area contributed by atoms with Crippen LogP contribution in [0.3, 0.4) is 0 Å². The quantitative estimate of drug-likeness (QED) is 0.642. The first-order valence-corrected chi connectivity index (χ1v) is 8.38. The molecule has 0 heterocycles. The van der Waals surface area contributed by atoms with Crippen molar-refractivity contribution in [2.75, 3.05) is 0 Å². The SMILES string of the molecule is CCCCCC(C)(C)c1cc(CCC(=O)O)cc(CC)c1O. The maximum atomic E-state index is 10.8. The number of benzene rings is 1. The lowest BCUT2D eigenvalue weighted by molar-refractivity contribution is -0.136. The zero-order chi connectivity index (χ0) is 16.8. The highest BCUT2D eigenvalue weighted by Crippen LogP contribution is 2.38. The summed E-state index contributed by atoms with van der Waals surface area (Å²) in [6.07, 6.45) is 5.95. The summed E-state index contributed by atoms with van der Waals surface area (Å²) in [5.74, 6) is -0.391. The van der Waals surface area contributed by atoms with Crippen LogP contribution in [0.15, 0.2) is 12.1 Å². The number of aliphatic carboxylic acids is 1. The van der Waals surface area contributed by atoms with Crippen LogP contribution in [-0.2, 0) is 23.1 Å².